The van der Waals surface area contributed by atoms with Gasteiger partial charge in [-0.3, -0.25) is 4.79 Å². The summed E-state index contributed by atoms with van der Waals surface area (Å²) in [4.78, 5) is 26.4. The molecule has 7 nitrogen and oxygen atoms in total. The summed E-state index contributed by atoms with van der Waals surface area (Å²) in [6, 6.07) is 5.26. The number of aliphatic hydroxyl groups excluding tert-OH is 1. The maximum atomic E-state index is 11.8. The Morgan fingerprint density at radius 2 is 2.00 bits per heavy atom. The zero-order chi connectivity index (χ0) is 14.5. The van der Waals surface area contributed by atoms with Gasteiger partial charge in [-0.2, -0.15) is 0 Å². The van der Waals surface area contributed by atoms with Crippen molar-refractivity contribution in [3.8, 4) is 5.69 Å². The first kappa shape index (κ1) is 13.8. The molecule has 3 N–H and O–H groups in total. The van der Waals surface area contributed by atoms with Crippen molar-refractivity contribution in [3.05, 3.63) is 48.5 Å². The highest BCUT2D eigenvalue weighted by Gasteiger charge is 2.19. The maximum absolute atomic E-state index is 11.8. The molecule has 1 atom stereocenters. The third-order valence-electron chi connectivity index (χ3n) is 2.72. The van der Waals surface area contributed by atoms with Crippen LogP contribution in [0.2, 0.25) is 0 Å². The van der Waals surface area contributed by atoms with Gasteiger partial charge >= 0.3 is 5.97 Å². The Morgan fingerprint density at radius 3 is 2.50 bits per heavy atom. The molecule has 0 radical (unpaired) electrons. The number of rotatable bonds is 5. The van der Waals surface area contributed by atoms with E-state index in [0.29, 0.717) is 5.56 Å². The van der Waals surface area contributed by atoms with E-state index in [-0.39, 0.29) is 0 Å². The van der Waals surface area contributed by atoms with Gasteiger partial charge in [0.2, 0.25) is 0 Å². The number of carbonyl (C=O) groups excluding carboxylic acids is 1. The molecule has 0 fully saturated rings. The molecular formula is C13H13N3O4. The van der Waals surface area contributed by atoms with Crippen LogP contribution in [0.15, 0.2) is 43.0 Å². The van der Waals surface area contributed by atoms with Crippen molar-refractivity contribution >= 4 is 11.9 Å². The quantitative estimate of drug-likeness (QED) is 0.715. The second-order valence-electron chi connectivity index (χ2n) is 4.06. The SMILES string of the molecule is O=C(NC(CO)C(=O)O)c1ccc(-n2ccnc2)cc1. The van der Waals surface area contributed by atoms with E-state index >= 15 is 0 Å². The Balaban J connectivity index is 2.10. The highest BCUT2D eigenvalue weighted by atomic mass is 16.4. The van der Waals surface area contributed by atoms with Gasteiger partial charge in [-0.25, -0.2) is 9.78 Å². The van der Waals surface area contributed by atoms with Gasteiger partial charge in [-0.1, -0.05) is 0 Å². The van der Waals surface area contributed by atoms with Gasteiger partial charge in [0.1, 0.15) is 0 Å². The minimum absolute atomic E-state index is 0.313. The Kier molecular flexibility index (Phi) is 4.11. The van der Waals surface area contributed by atoms with Crippen molar-refractivity contribution in [1.82, 2.24) is 14.9 Å². The van der Waals surface area contributed by atoms with Crippen LogP contribution in [0.1, 0.15) is 10.4 Å². The van der Waals surface area contributed by atoms with Gasteiger partial charge in [0.05, 0.1) is 12.9 Å². The van der Waals surface area contributed by atoms with Gasteiger partial charge in [0.15, 0.2) is 6.04 Å². The Bertz CT molecular complexity index is 593. The Morgan fingerprint density at radius 1 is 1.30 bits per heavy atom. The number of carboxylic acids is 1. The first-order chi connectivity index (χ1) is 9.61. The van der Waals surface area contributed by atoms with E-state index in [1.807, 2.05) is 0 Å². The summed E-state index contributed by atoms with van der Waals surface area (Å²) in [6.45, 7) is -0.659. The van der Waals surface area contributed by atoms with E-state index in [9.17, 15) is 9.59 Å². The molecule has 104 valence electrons. The van der Waals surface area contributed by atoms with Crippen LogP contribution < -0.4 is 5.32 Å². The molecule has 0 aliphatic rings. The van der Waals surface area contributed by atoms with Crippen molar-refractivity contribution in [2.45, 2.75) is 6.04 Å². The second kappa shape index (κ2) is 5.98. The van der Waals surface area contributed by atoms with Gasteiger partial charge in [0.25, 0.3) is 5.91 Å². The molecule has 2 rings (SSSR count). The zero-order valence-electron chi connectivity index (χ0n) is 10.4. The highest BCUT2D eigenvalue weighted by molar-refractivity contribution is 5.96. The first-order valence-electron chi connectivity index (χ1n) is 5.84. The molecule has 0 aliphatic heterocycles. The molecule has 1 aromatic carbocycles. The zero-order valence-corrected chi connectivity index (χ0v) is 10.4. The van der Waals surface area contributed by atoms with Crippen molar-refractivity contribution in [2.24, 2.45) is 0 Å². The van der Waals surface area contributed by atoms with Crippen molar-refractivity contribution in [2.75, 3.05) is 6.61 Å². The van der Waals surface area contributed by atoms with E-state index in [2.05, 4.69) is 10.3 Å². The molecule has 2 aromatic rings. The first-order valence-corrected chi connectivity index (χ1v) is 5.84. The minimum atomic E-state index is -1.31. The summed E-state index contributed by atoms with van der Waals surface area (Å²) in [5.74, 6) is -1.83. The van der Waals surface area contributed by atoms with Crippen LogP contribution in [-0.2, 0) is 4.79 Å². The lowest BCUT2D eigenvalue weighted by atomic mass is 10.1. The smallest absolute Gasteiger partial charge is 0.328 e. The fraction of sp³-hybridized carbons (Fsp3) is 0.154. The number of aromatic nitrogens is 2. The van der Waals surface area contributed by atoms with Crippen LogP contribution in [0.3, 0.4) is 0 Å². The van der Waals surface area contributed by atoms with E-state index in [1.165, 1.54) is 0 Å². The Hall–Kier alpha value is -2.67. The molecule has 0 bridgehead atoms. The van der Waals surface area contributed by atoms with Crippen LogP contribution in [0.4, 0.5) is 0 Å². The van der Waals surface area contributed by atoms with Crippen LogP contribution >= 0.6 is 0 Å². The fourth-order valence-electron chi connectivity index (χ4n) is 1.62. The predicted octanol–water partition coefficient (Wildman–Crippen LogP) is 0.0476. The summed E-state index contributed by atoms with van der Waals surface area (Å²) >= 11 is 0. The van der Waals surface area contributed by atoms with E-state index < -0.39 is 24.5 Å². The van der Waals surface area contributed by atoms with Crippen LogP contribution in [0.5, 0.6) is 0 Å². The minimum Gasteiger partial charge on any atom is -0.480 e. The van der Waals surface area contributed by atoms with Gasteiger partial charge < -0.3 is 20.1 Å². The number of imidazole rings is 1. The van der Waals surface area contributed by atoms with E-state index in [1.54, 1.807) is 47.6 Å². The summed E-state index contributed by atoms with van der Waals surface area (Å²) in [5.41, 5.74) is 1.14. The topological polar surface area (TPSA) is 104 Å². The molecule has 1 amide bonds. The Labute approximate surface area is 114 Å². The summed E-state index contributed by atoms with van der Waals surface area (Å²) in [7, 11) is 0. The lowest BCUT2D eigenvalue weighted by Gasteiger charge is -2.11. The normalized spacial score (nSPS) is 11.8. The van der Waals surface area contributed by atoms with Crippen molar-refractivity contribution in [1.29, 1.82) is 0 Å². The molecule has 1 heterocycles. The monoisotopic (exact) mass is 275 g/mol. The predicted molar refractivity (Wildman–Crippen MR) is 69.5 cm³/mol. The number of aliphatic hydroxyl groups is 1. The molecule has 0 saturated heterocycles. The van der Waals surface area contributed by atoms with Crippen LogP contribution in [0, 0.1) is 0 Å². The summed E-state index contributed by atoms with van der Waals surface area (Å²) < 4.78 is 1.77. The number of nitrogens with zero attached hydrogens (tertiary/aromatic N) is 2. The van der Waals surface area contributed by atoms with Crippen molar-refractivity contribution < 1.29 is 19.8 Å². The largest absolute Gasteiger partial charge is 0.480 e. The molecular weight excluding hydrogens is 262 g/mol. The number of nitrogens with one attached hydrogen (secondary N) is 1. The number of benzene rings is 1. The standard InChI is InChI=1S/C13H13N3O4/c17-7-11(13(19)20)15-12(18)9-1-3-10(4-2-9)16-6-5-14-8-16/h1-6,8,11,17H,7H2,(H,15,18)(H,19,20). The number of hydrogen-bond acceptors (Lipinski definition) is 4. The third-order valence-corrected chi connectivity index (χ3v) is 2.72. The molecule has 1 aromatic heterocycles. The molecule has 20 heavy (non-hydrogen) atoms. The van der Waals surface area contributed by atoms with Crippen LogP contribution in [0.25, 0.3) is 5.69 Å². The molecule has 0 aliphatic carbocycles. The van der Waals surface area contributed by atoms with Gasteiger partial charge in [-0.15, -0.1) is 0 Å². The van der Waals surface area contributed by atoms with E-state index in [0.717, 1.165) is 5.69 Å². The summed E-state index contributed by atoms with van der Waals surface area (Å²) in [5, 5.41) is 19.8. The number of amides is 1. The summed E-state index contributed by atoms with van der Waals surface area (Å²) in [6.07, 6.45) is 5.03. The molecule has 7 heteroatoms. The second-order valence-corrected chi connectivity index (χ2v) is 4.06. The molecule has 1 unspecified atom stereocenters. The van der Waals surface area contributed by atoms with Gasteiger partial charge in [-0.05, 0) is 24.3 Å². The third kappa shape index (κ3) is 3.01. The van der Waals surface area contributed by atoms with Crippen LogP contribution in [-0.4, -0.2) is 44.3 Å². The number of carbonyl (C=O) groups is 2. The highest BCUT2D eigenvalue weighted by Crippen LogP contribution is 2.09. The number of aliphatic carboxylic acids is 1. The van der Waals surface area contributed by atoms with Gasteiger partial charge in [0, 0.05) is 23.6 Å². The average Bonchev–Trinajstić information content (AvgIpc) is 2.98. The van der Waals surface area contributed by atoms with E-state index in [4.69, 9.17) is 10.2 Å². The van der Waals surface area contributed by atoms with Crippen molar-refractivity contribution in [3.63, 3.8) is 0 Å². The molecule has 0 spiro atoms. The fourth-order valence-corrected chi connectivity index (χ4v) is 1.62. The number of hydrogen-bond donors (Lipinski definition) is 3. The lowest BCUT2D eigenvalue weighted by Crippen LogP contribution is -2.43. The molecule has 0 saturated carbocycles. The average molecular weight is 275 g/mol. The number of carboxylic acid groups (broad SMARTS) is 1. The lowest BCUT2D eigenvalue weighted by molar-refractivity contribution is -0.140. The maximum Gasteiger partial charge on any atom is 0.328 e.